The lowest BCUT2D eigenvalue weighted by Crippen LogP contribution is -2.61. The molecule has 0 radical (unpaired) electrons. The molecule has 3 rings (SSSR count). The number of nitrogens with two attached hydrogens (primary N) is 1. The van der Waals surface area contributed by atoms with Gasteiger partial charge in [-0.2, -0.15) is 0 Å². The lowest BCUT2D eigenvalue weighted by Gasteiger charge is -2.45. The molecule has 33 heavy (non-hydrogen) atoms. The highest BCUT2D eigenvalue weighted by atomic mass is 19.1. The fourth-order valence-corrected chi connectivity index (χ4v) is 4.43. The van der Waals surface area contributed by atoms with Gasteiger partial charge in [-0.15, -0.1) is 0 Å². The van der Waals surface area contributed by atoms with Gasteiger partial charge < -0.3 is 26.2 Å². The molecule has 1 aliphatic rings. The highest BCUT2D eigenvalue weighted by molar-refractivity contribution is 6.40. The molecule has 1 aliphatic carbocycles. The molecule has 0 aliphatic heterocycles. The fourth-order valence-electron chi connectivity index (χ4n) is 4.43. The lowest BCUT2D eigenvalue weighted by atomic mass is 9.66. The largest absolute Gasteiger partial charge is 0.480 e. The number of benzene rings is 2. The van der Waals surface area contributed by atoms with Crippen LogP contribution in [0.15, 0.2) is 36.4 Å². The SMILES string of the molecule is Cc1ccc(F)c(-c2ccc(CN[C@H]3C[C@@H](C(N)(CCCCB(O)O)C(=O)O)C3)cc2F)c1. The lowest BCUT2D eigenvalue weighted by molar-refractivity contribution is -0.148. The number of unbranched alkanes of at least 4 members (excludes halogenated alkanes) is 1. The molecule has 6 nitrogen and oxygen atoms in total. The van der Waals surface area contributed by atoms with E-state index in [9.17, 15) is 18.7 Å². The minimum atomic E-state index is -1.39. The number of hydrogen-bond donors (Lipinski definition) is 5. The second-order valence-electron chi connectivity index (χ2n) is 9.12. The molecule has 1 fully saturated rings. The number of aryl methyl sites for hydroxylation is 1. The first-order chi connectivity index (χ1) is 15.6. The standard InChI is InChI=1S/C24H31BF2N2O4/c1-15-4-7-21(26)20(10-15)19-6-5-16(11-22(19)27)14-29-18-12-17(13-18)24(28,23(30)31)8-2-3-9-25(32)33/h4-7,10-11,17-18,29,32-33H,2-3,8-9,12-14,28H2,1H3,(H,30,31)/t17-,18+,24?. The normalized spacial score (nSPS) is 19.6. The average Bonchev–Trinajstić information content (AvgIpc) is 2.72. The Bertz CT molecular complexity index is 985. The van der Waals surface area contributed by atoms with E-state index in [1.54, 1.807) is 24.3 Å². The van der Waals surface area contributed by atoms with Crippen LogP contribution in [0.1, 0.15) is 43.2 Å². The zero-order valence-corrected chi connectivity index (χ0v) is 18.7. The summed E-state index contributed by atoms with van der Waals surface area (Å²) in [5.74, 6) is -2.20. The monoisotopic (exact) mass is 460 g/mol. The van der Waals surface area contributed by atoms with Gasteiger partial charge in [-0.3, -0.25) is 4.79 Å². The van der Waals surface area contributed by atoms with E-state index in [1.807, 2.05) is 6.92 Å². The van der Waals surface area contributed by atoms with Crippen LogP contribution in [0.5, 0.6) is 0 Å². The Hall–Kier alpha value is -2.33. The van der Waals surface area contributed by atoms with Crippen molar-refractivity contribution in [3.05, 3.63) is 59.2 Å². The molecule has 1 saturated carbocycles. The van der Waals surface area contributed by atoms with E-state index in [0.717, 1.165) is 5.56 Å². The number of rotatable bonds is 11. The molecular formula is C24H31BF2N2O4. The Morgan fingerprint density at radius 1 is 1.12 bits per heavy atom. The van der Waals surface area contributed by atoms with Crippen molar-refractivity contribution in [1.82, 2.24) is 5.32 Å². The summed E-state index contributed by atoms with van der Waals surface area (Å²) in [6, 6.07) is 9.38. The first kappa shape index (κ1) is 25.3. The van der Waals surface area contributed by atoms with Crippen molar-refractivity contribution in [2.45, 2.75) is 63.5 Å². The van der Waals surface area contributed by atoms with Gasteiger partial charge in [-0.05, 0) is 62.2 Å². The van der Waals surface area contributed by atoms with Crippen LogP contribution >= 0.6 is 0 Å². The van der Waals surface area contributed by atoms with Crippen molar-refractivity contribution in [2.24, 2.45) is 11.7 Å². The van der Waals surface area contributed by atoms with Crippen LogP contribution in [-0.4, -0.2) is 39.8 Å². The summed E-state index contributed by atoms with van der Waals surface area (Å²) in [6.07, 6.45) is 2.65. The van der Waals surface area contributed by atoms with Gasteiger partial charge in [0.2, 0.25) is 0 Å². The Kier molecular flexibility index (Phi) is 8.23. The fraction of sp³-hybridized carbons (Fsp3) is 0.458. The molecule has 0 spiro atoms. The Morgan fingerprint density at radius 3 is 2.48 bits per heavy atom. The average molecular weight is 460 g/mol. The maximum absolute atomic E-state index is 14.7. The van der Waals surface area contributed by atoms with Gasteiger partial charge in [0.05, 0.1) is 0 Å². The number of carboxylic acid groups (broad SMARTS) is 1. The predicted octanol–water partition coefficient (Wildman–Crippen LogP) is 3.23. The maximum Gasteiger partial charge on any atom is 0.451 e. The van der Waals surface area contributed by atoms with Crippen LogP contribution in [0, 0.1) is 24.5 Å². The molecular weight excluding hydrogens is 429 g/mol. The van der Waals surface area contributed by atoms with Gasteiger partial charge in [0.1, 0.15) is 17.2 Å². The second kappa shape index (κ2) is 10.7. The number of hydrogen-bond acceptors (Lipinski definition) is 5. The third-order valence-corrected chi connectivity index (χ3v) is 6.61. The van der Waals surface area contributed by atoms with Crippen LogP contribution in [0.25, 0.3) is 11.1 Å². The molecule has 0 aromatic heterocycles. The molecule has 1 unspecified atom stereocenters. The molecule has 0 amide bonds. The van der Waals surface area contributed by atoms with Gasteiger partial charge in [-0.1, -0.05) is 36.6 Å². The number of carboxylic acids is 1. The van der Waals surface area contributed by atoms with Gasteiger partial charge in [0, 0.05) is 23.7 Å². The van der Waals surface area contributed by atoms with Crippen LogP contribution in [0.2, 0.25) is 6.32 Å². The molecule has 0 saturated heterocycles. The molecule has 2 aromatic rings. The Balaban J connectivity index is 1.53. The molecule has 178 valence electrons. The number of aliphatic carboxylic acids is 1. The zero-order valence-electron chi connectivity index (χ0n) is 18.7. The van der Waals surface area contributed by atoms with Crippen molar-refractivity contribution in [3.63, 3.8) is 0 Å². The van der Waals surface area contributed by atoms with Crippen molar-refractivity contribution in [2.75, 3.05) is 0 Å². The van der Waals surface area contributed by atoms with E-state index in [-0.39, 0.29) is 35.8 Å². The van der Waals surface area contributed by atoms with E-state index in [4.69, 9.17) is 15.8 Å². The van der Waals surface area contributed by atoms with Crippen molar-refractivity contribution in [1.29, 1.82) is 0 Å². The summed E-state index contributed by atoms with van der Waals surface area (Å²) in [6.45, 7) is 2.23. The number of nitrogens with one attached hydrogen (secondary N) is 1. The summed E-state index contributed by atoms with van der Waals surface area (Å²) >= 11 is 0. The van der Waals surface area contributed by atoms with Crippen LogP contribution in [-0.2, 0) is 11.3 Å². The first-order valence-electron chi connectivity index (χ1n) is 11.3. The minimum absolute atomic E-state index is 0.0773. The highest BCUT2D eigenvalue weighted by Gasteiger charge is 2.48. The minimum Gasteiger partial charge on any atom is -0.480 e. The zero-order chi connectivity index (χ0) is 24.2. The van der Waals surface area contributed by atoms with Crippen molar-refractivity contribution in [3.8, 4) is 11.1 Å². The van der Waals surface area contributed by atoms with Crippen LogP contribution in [0.3, 0.4) is 0 Å². The smallest absolute Gasteiger partial charge is 0.451 e. The molecule has 0 bridgehead atoms. The van der Waals surface area contributed by atoms with Crippen LogP contribution in [0.4, 0.5) is 8.78 Å². The van der Waals surface area contributed by atoms with E-state index in [0.29, 0.717) is 37.8 Å². The van der Waals surface area contributed by atoms with E-state index >= 15 is 0 Å². The summed E-state index contributed by atoms with van der Waals surface area (Å²) in [4.78, 5) is 11.8. The molecule has 6 N–H and O–H groups in total. The van der Waals surface area contributed by atoms with Gasteiger partial charge in [-0.25, -0.2) is 8.78 Å². The number of halogens is 2. The number of carbonyl (C=O) groups is 1. The van der Waals surface area contributed by atoms with E-state index in [2.05, 4.69) is 5.32 Å². The predicted molar refractivity (Wildman–Crippen MR) is 123 cm³/mol. The van der Waals surface area contributed by atoms with Crippen molar-refractivity contribution >= 4 is 13.1 Å². The van der Waals surface area contributed by atoms with Gasteiger partial charge in [0.15, 0.2) is 0 Å². The second-order valence-corrected chi connectivity index (χ2v) is 9.12. The maximum atomic E-state index is 14.7. The molecule has 0 heterocycles. The summed E-state index contributed by atoms with van der Waals surface area (Å²) in [5, 5.41) is 30.8. The Labute approximate surface area is 193 Å². The van der Waals surface area contributed by atoms with E-state index in [1.165, 1.54) is 12.1 Å². The molecule has 1 atom stereocenters. The highest BCUT2D eigenvalue weighted by Crippen LogP contribution is 2.38. The third kappa shape index (κ3) is 6.17. The van der Waals surface area contributed by atoms with Gasteiger partial charge in [0.25, 0.3) is 0 Å². The third-order valence-electron chi connectivity index (χ3n) is 6.61. The summed E-state index contributed by atoms with van der Waals surface area (Å²) < 4.78 is 28.8. The van der Waals surface area contributed by atoms with Crippen molar-refractivity contribution < 1.29 is 28.7 Å². The van der Waals surface area contributed by atoms with E-state index < -0.39 is 30.3 Å². The topological polar surface area (TPSA) is 116 Å². The molecule has 9 heteroatoms. The molecule has 2 aromatic carbocycles. The summed E-state index contributed by atoms with van der Waals surface area (Å²) in [5.41, 5.74) is 6.88. The quantitative estimate of drug-likeness (QED) is 0.260. The Morgan fingerprint density at radius 2 is 1.85 bits per heavy atom. The van der Waals surface area contributed by atoms with Crippen LogP contribution < -0.4 is 11.1 Å². The summed E-state index contributed by atoms with van der Waals surface area (Å²) in [7, 11) is -1.39. The van der Waals surface area contributed by atoms with Gasteiger partial charge >= 0.3 is 13.1 Å². The first-order valence-corrected chi connectivity index (χ1v) is 11.3.